The van der Waals surface area contributed by atoms with Crippen LogP contribution in [0.4, 0.5) is 5.69 Å². The SMILES string of the molecule is Oc1cccnc1C=NNc1c(Cl)cc(Cl)cc1Cl. The Morgan fingerprint density at radius 2 is 1.89 bits per heavy atom. The second-order valence-corrected chi connectivity index (χ2v) is 4.77. The van der Waals surface area contributed by atoms with Crippen molar-refractivity contribution in [3.8, 4) is 5.75 Å². The zero-order valence-corrected chi connectivity index (χ0v) is 11.7. The highest BCUT2D eigenvalue weighted by molar-refractivity contribution is 6.41. The van der Waals surface area contributed by atoms with Crippen LogP contribution in [0.2, 0.25) is 15.1 Å². The van der Waals surface area contributed by atoms with E-state index >= 15 is 0 Å². The average Bonchev–Trinajstić information content (AvgIpc) is 2.34. The number of pyridine rings is 1. The molecule has 0 saturated heterocycles. The van der Waals surface area contributed by atoms with E-state index < -0.39 is 0 Å². The fourth-order valence-corrected chi connectivity index (χ4v) is 2.22. The number of rotatable bonds is 3. The third-order valence-electron chi connectivity index (χ3n) is 2.19. The van der Waals surface area contributed by atoms with Crippen molar-refractivity contribution in [3.63, 3.8) is 0 Å². The molecule has 0 aliphatic carbocycles. The maximum Gasteiger partial charge on any atom is 0.142 e. The Bertz CT molecular complexity index is 608. The summed E-state index contributed by atoms with van der Waals surface area (Å²) in [6.45, 7) is 0. The van der Waals surface area contributed by atoms with Crippen molar-refractivity contribution in [1.82, 2.24) is 4.98 Å². The standard InChI is InChI=1S/C12H8Cl3N3O/c13-7-4-8(14)12(9(15)5-7)18-17-6-10-11(19)2-1-3-16-10/h1-6,18-19H. The van der Waals surface area contributed by atoms with Crippen LogP contribution in [0, 0.1) is 0 Å². The van der Waals surface area contributed by atoms with E-state index in [-0.39, 0.29) is 5.75 Å². The number of anilines is 1. The predicted molar refractivity (Wildman–Crippen MR) is 78.6 cm³/mol. The largest absolute Gasteiger partial charge is 0.506 e. The first-order chi connectivity index (χ1) is 9.08. The number of aromatic nitrogens is 1. The molecular weight excluding hydrogens is 309 g/mol. The summed E-state index contributed by atoms with van der Waals surface area (Å²) >= 11 is 17.7. The predicted octanol–water partition coefficient (Wildman–Crippen LogP) is 4.19. The van der Waals surface area contributed by atoms with Crippen molar-refractivity contribution in [1.29, 1.82) is 0 Å². The Hall–Kier alpha value is -1.49. The molecule has 0 bridgehead atoms. The highest BCUT2D eigenvalue weighted by atomic mass is 35.5. The summed E-state index contributed by atoms with van der Waals surface area (Å²) in [7, 11) is 0. The first-order valence-corrected chi connectivity index (χ1v) is 6.29. The summed E-state index contributed by atoms with van der Waals surface area (Å²) in [5.74, 6) is 0.0290. The van der Waals surface area contributed by atoms with Gasteiger partial charge in [-0.3, -0.25) is 10.4 Å². The molecule has 1 aromatic carbocycles. The monoisotopic (exact) mass is 315 g/mol. The van der Waals surface area contributed by atoms with Gasteiger partial charge in [0.2, 0.25) is 0 Å². The molecule has 0 aliphatic rings. The van der Waals surface area contributed by atoms with Crippen LogP contribution < -0.4 is 5.43 Å². The Morgan fingerprint density at radius 3 is 2.53 bits per heavy atom. The molecule has 0 unspecified atom stereocenters. The van der Waals surface area contributed by atoms with Gasteiger partial charge >= 0.3 is 0 Å². The highest BCUT2D eigenvalue weighted by Crippen LogP contribution is 2.33. The van der Waals surface area contributed by atoms with Crippen molar-refractivity contribution in [2.75, 3.05) is 5.43 Å². The lowest BCUT2D eigenvalue weighted by Crippen LogP contribution is -1.94. The third kappa shape index (κ3) is 3.50. The zero-order valence-electron chi connectivity index (χ0n) is 9.44. The van der Waals surface area contributed by atoms with Crippen molar-refractivity contribution in [3.05, 3.63) is 51.2 Å². The van der Waals surface area contributed by atoms with Crippen LogP contribution >= 0.6 is 34.8 Å². The molecule has 2 rings (SSSR count). The van der Waals surface area contributed by atoms with Crippen molar-refractivity contribution >= 4 is 46.7 Å². The van der Waals surface area contributed by atoms with Gasteiger partial charge in [0.1, 0.15) is 11.4 Å². The van der Waals surface area contributed by atoms with Gasteiger partial charge in [-0.05, 0) is 24.3 Å². The fourth-order valence-electron chi connectivity index (χ4n) is 1.32. The van der Waals surface area contributed by atoms with Gasteiger partial charge in [0.25, 0.3) is 0 Å². The smallest absolute Gasteiger partial charge is 0.142 e. The van der Waals surface area contributed by atoms with E-state index in [2.05, 4.69) is 15.5 Å². The van der Waals surface area contributed by atoms with E-state index in [9.17, 15) is 5.11 Å². The molecule has 4 nitrogen and oxygen atoms in total. The summed E-state index contributed by atoms with van der Waals surface area (Å²) in [4.78, 5) is 3.94. The molecule has 0 atom stereocenters. The summed E-state index contributed by atoms with van der Waals surface area (Å²) in [6, 6.07) is 6.22. The minimum absolute atomic E-state index is 0.0290. The van der Waals surface area contributed by atoms with Crippen molar-refractivity contribution < 1.29 is 5.11 Å². The lowest BCUT2D eigenvalue weighted by molar-refractivity contribution is 0.471. The molecule has 7 heteroatoms. The summed E-state index contributed by atoms with van der Waals surface area (Å²) in [6.07, 6.45) is 2.90. The topological polar surface area (TPSA) is 57.5 Å². The molecule has 0 saturated carbocycles. The second-order valence-electron chi connectivity index (χ2n) is 3.52. The van der Waals surface area contributed by atoms with Gasteiger partial charge < -0.3 is 5.11 Å². The molecule has 2 aromatic rings. The third-order valence-corrected chi connectivity index (χ3v) is 3.00. The Morgan fingerprint density at radius 1 is 1.21 bits per heavy atom. The van der Waals surface area contributed by atoms with Gasteiger partial charge in [-0.25, -0.2) is 0 Å². The summed E-state index contributed by atoms with van der Waals surface area (Å²) in [5.41, 5.74) is 3.44. The first-order valence-electron chi connectivity index (χ1n) is 5.15. The lowest BCUT2D eigenvalue weighted by atomic mass is 10.3. The van der Waals surface area contributed by atoms with Crippen LogP contribution in [0.1, 0.15) is 5.69 Å². The second kappa shape index (κ2) is 6.10. The number of nitrogens with zero attached hydrogens (tertiary/aromatic N) is 2. The van der Waals surface area contributed by atoms with Crippen LogP contribution in [-0.4, -0.2) is 16.3 Å². The van der Waals surface area contributed by atoms with Gasteiger partial charge in [0, 0.05) is 11.2 Å². The number of hydrazone groups is 1. The number of hydrogen-bond acceptors (Lipinski definition) is 4. The van der Waals surface area contributed by atoms with Crippen molar-refractivity contribution in [2.45, 2.75) is 0 Å². The normalized spacial score (nSPS) is 10.9. The van der Waals surface area contributed by atoms with E-state index in [1.54, 1.807) is 24.4 Å². The molecular formula is C12H8Cl3N3O. The number of halogens is 3. The quantitative estimate of drug-likeness (QED) is 0.659. The van der Waals surface area contributed by atoms with E-state index in [1.807, 2.05) is 0 Å². The molecule has 0 aliphatic heterocycles. The Balaban J connectivity index is 2.18. The maximum absolute atomic E-state index is 9.50. The molecule has 19 heavy (non-hydrogen) atoms. The molecule has 2 N–H and O–H groups in total. The molecule has 0 radical (unpaired) electrons. The molecule has 0 spiro atoms. The maximum atomic E-state index is 9.50. The number of hydrogen-bond donors (Lipinski definition) is 2. The summed E-state index contributed by atoms with van der Waals surface area (Å²) < 4.78 is 0. The molecule has 0 fully saturated rings. The zero-order chi connectivity index (χ0) is 13.8. The Labute approximate surface area is 124 Å². The minimum atomic E-state index is 0.0290. The van der Waals surface area contributed by atoms with Gasteiger partial charge in [0.05, 0.1) is 21.9 Å². The van der Waals surface area contributed by atoms with Crippen LogP contribution in [-0.2, 0) is 0 Å². The minimum Gasteiger partial charge on any atom is -0.506 e. The van der Waals surface area contributed by atoms with E-state index in [1.165, 1.54) is 12.3 Å². The van der Waals surface area contributed by atoms with E-state index in [4.69, 9.17) is 34.8 Å². The summed E-state index contributed by atoms with van der Waals surface area (Å²) in [5, 5.41) is 14.5. The van der Waals surface area contributed by atoms with Crippen molar-refractivity contribution in [2.24, 2.45) is 5.10 Å². The van der Waals surface area contributed by atoms with Crippen LogP contribution in [0.15, 0.2) is 35.6 Å². The highest BCUT2D eigenvalue weighted by Gasteiger charge is 2.06. The van der Waals surface area contributed by atoms with Crippen LogP contribution in [0.3, 0.4) is 0 Å². The molecule has 1 heterocycles. The molecule has 1 aromatic heterocycles. The van der Waals surface area contributed by atoms with Crippen LogP contribution in [0.25, 0.3) is 0 Å². The number of aromatic hydroxyl groups is 1. The lowest BCUT2D eigenvalue weighted by Gasteiger charge is -2.06. The molecule has 98 valence electrons. The average molecular weight is 317 g/mol. The van der Waals surface area contributed by atoms with E-state index in [0.29, 0.717) is 26.4 Å². The Kier molecular flexibility index (Phi) is 4.47. The molecule has 0 amide bonds. The van der Waals surface area contributed by atoms with E-state index in [0.717, 1.165) is 0 Å². The first kappa shape index (κ1) is 13.9. The van der Waals surface area contributed by atoms with Crippen LogP contribution in [0.5, 0.6) is 5.75 Å². The number of nitrogens with one attached hydrogen (secondary N) is 1. The number of benzene rings is 1. The van der Waals surface area contributed by atoms with Gasteiger partial charge in [-0.1, -0.05) is 34.8 Å². The fraction of sp³-hybridized carbons (Fsp3) is 0. The van der Waals surface area contributed by atoms with Gasteiger partial charge in [0.15, 0.2) is 0 Å². The van der Waals surface area contributed by atoms with Gasteiger partial charge in [-0.2, -0.15) is 5.10 Å². The van der Waals surface area contributed by atoms with Gasteiger partial charge in [-0.15, -0.1) is 0 Å².